The van der Waals surface area contributed by atoms with Crippen LogP contribution in [-0.2, 0) is 4.74 Å². The maximum absolute atomic E-state index is 11.3. The maximum Gasteiger partial charge on any atom is 0.412 e. The fourth-order valence-corrected chi connectivity index (χ4v) is 1.48. The largest absolute Gasteiger partial charge is 0.478 e. The summed E-state index contributed by atoms with van der Waals surface area (Å²) in [7, 11) is 0. The molecular weight excluding hydrogens is 260 g/mol. The number of nitrogens with zero attached hydrogens (tertiary/aromatic N) is 1. The fourth-order valence-electron chi connectivity index (χ4n) is 1.20. The third kappa shape index (κ3) is 3.46. The Balaban J connectivity index is 3.03. The Morgan fingerprint density at radius 1 is 1.67 bits per heavy atom. The lowest BCUT2D eigenvalue weighted by Crippen LogP contribution is -2.17. The number of hydrogen-bond donors (Lipinski definition) is 2. The Morgan fingerprint density at radius 2 is 2.33 bits per heavy atom. The van der Waals surface area contributed by atoms with E-state index in [4.69, 9.17) is 16.7 Å². The van der Waals surface area contributed by atoms with E-state index < -0.39 is 12.1 Å². The highest BCUT2D eigenvalue weighted by Crippen LogP contribution is 2.25. The number of halogens is 1. The quantitative estimate of drug-likeness (QED) is 0.648. The number of hydrogen-bond acceptors (Lipinski definition) is 4. The lowest BCUT2D eigenvalue weighted by molar-refractivity contribution is 0.0698. The van der Waals surface area contributed by atoms with Gasteiger partial charge in [0.15, 0.2) is 5.15 Å². The van der Waals surface area contributed by atoms with Crippen LogP contribution >= 0.6 is 11.6 Å². The molecule has 0 saturated heterocycles. The van der Waals surface area contributed by atoms with Gasteiger partial charge in [-0.1, -0.05) is 24.3 Å². The molecule has 0 aromatic carbocycles. The van der Waals surface area contributed by atoms with E-state index in [1.54, 1.807) is 6.92 Å². The molecule has 1 amide bonds. The number of aryl methyl sites for hydroxylation is 1. The van der Waals surface area contributed by atoms with Gasteiger partial charge in [0, 0.05) is 5.69 Å². The van der Waals surface area contributed by atoms with E-state index >= 15 is 0 Å². The summed E-state index contributed by atoms with van der Waals surface area (Å²) in [6.45, 7) is 4.98. The molecule has 1 rings (SSSR count). The minimum atomic E-state index is -1.22. The van der Waals surface area contributed by atoms with E-state index in [2.05, 4.69) is 21.6 Å². The molecule has 6 nitrogen and oxygen atoms in total. The number of aromatic carboxylic acids is 1. The molecule has 0 aliphatic heterocycles. The molecular formula is C11H11ClN2O4. The van der Waals surface area contributed by atoms with Crippen molar-refractivity contribution in [1.82, 2.24) is 4.98 Å². The van der Waals surface area contributed by atoms with Crippen LogP contribution < -0.4 is 5.32 Å². The van der Waals surface area contributed by atoms with Crippen LogP contribution in [0.15, 0.2) is 18.7 Å². The molecule has 0 aliphatic carbocycles. The minimum absolute atomic E-state index is 0.00511. The maximum atomic E-state index is 11.3. The summed E-state index contributed by atoms with van der Waals surface area (Å²) >= 11 is 5.79. The molecule has 1 aromatic rings. The second-order valence-electron chi connectivity index (χ2n) is 3.29. The van der Waals surface area contributed by atoms with E-state index in [1.165, 1.54) is 12.1 Å². The third-order valence-corrected chi connectivity index (χ3v) is 2.17. The first kappa shape index (κ1) is 14.0. The highest BCUT2D eigenvalue weighted by Gasteiger charge is 2.18. The summed E-state index contributed by atoms with van der Waals surface area (Å²) in [5, 5.41) is 11.1. The SMILES string of the molecule is C=CCOC(=O)Nc1c(C(=O)O)cc(C)nc1Cl. The van der Waals surface area contributed by atoms with Crippen LogP contribution in [0.3, 0.4) is 0 Å². The number of nitrogens with one attached hydrogen (secondary N) is 1. The number of carbonyl (C=O) groups excluding carboxylic acids is 1. The summed E-state index contributed by atoms with van der Waals surface area (Å²) in [6.07, 6.45) is 0.553. The smallest absolute Gasteiger partial charge is 0.412 e. The molecule has 1 aromatic heterocycles. The molecule has 0 spiro atoms. The van der Waals surface area contributed by atoms with Gasteiger partial charge >= 0.3 is 12.1 Å². The molecule has 0 radical (unpaired) electrons. The highest BCUT2D eigenvalue weighted by molar-refractivity contribution is 6.33. The van der Waals surface area contributed by atoms with Gasteiger partial charge in [0.05, 0.1) is 11.3 Å². The Bertz CT molecular complexity index is 502. The second kappa shape index (κ2) is 6.02. The first-order valence-electron chi connectivity index (χ1n) is 4.90. The monoisotopic (exact) mass is 270 g/mol. The third-order valence-electron chi connectivity index (χ3n) is 1.89. The average molecular weight is 271 g/mol. The van der Waals surface area contributed by atoms with Gasteiger partial charge in [-0.05, 0) is 13.0 Å². The van der Waals surface area contributed by atoms with Crippen molar-refractivity contribution in [2.45, 2.75) is 6.92 Å². The summed E-state index contributed by atoms with van der Waals surface area (Å²) < 4.78 is 4.67. The summed E-state index contributed by atoms with van der Waals surface area (Å²) in [5.74, 6) is -1.22. The van der Waals surface area contributed by atoms with Crippen LogP contribution in [0.5, 0.6) is 0 Å². The topological polar surface area (TPSA) is 88.5 Å². The number of carbonyl (C=O) groups is 2. The van der Waals surface area contributed by atoms with Gasteiger partial charge in [0.25, 0.3) is 0 Å². The van der Waals surface area contributed by atoms with Crippen LogP contribution in [-0.4, -0.2) is 28.8 Å². The zero-order valence-corrected chi connectivity index (χ0v) is 10.3. The predicted molar refractivity (Wildman–Crippen MR) is 66.1 cm³/mol. The summed E-state index contributed by atoms with van der Waals surface area (Å²) in [5.41, 5.74) is 0.189. The number of anilines is 1. The first-order chi connectivity index (χ1) is 8.45. The Morgan fingerprint density at radius 3 is 2.89 bits per heavy atom. The van der Waals surface area contributed by atoms with Crippen LogP contribution in [0.25, 0.3) is 0 Å². The van der Waals surface area contributed by atoms with Crippen molar-refractivity contribution in [2.75, 3.05) is 11.9 Å². The van der Waals surface area contributed by atoms with Gasteiger partial charge in [0.2, 0.25) is 0 Å². The van der Waals surface area contributed by atoms with Gasteiger partial charge in [-0.25, -0.2) is 14.6 Å². The first-order valence-corrected chi connectivity index (χ1v) is 5.28. The Hall–Kier alpha value is -2.08. The lowest BCUT2D eigenvalue weighted by Gasteiger charge is -2.10. The van der Waals surface area contributed by atoms with E-state index in [1.807, 2.05) is 0 Å². The molecule has 18 heavy (non-hydrogen) atoms. The molecule has 7 heteroatoms. The lowest BCUT2D eigenvalue weighted by atomic mass is 10.2. The molecule has 0 aliphatic rings. The molecule has 0 unspecified atom stereocenters. The van der Waals surface area contributed by atoms with Crippen molar-refractivity contribution in [3.63, 3.8) is 0 Å². The van der Waals surface area contributed by atoms with Crippen molar-refractivity contribution in [1.29, 1.82) is 0 Å². The standard InChI is InChI=1S/C11H11ClN2O4/c1-3-4-18-11(17)14-8-7(10(15)16)5-6(2)13-9(8)12/h3,5H,1,4H2,2H3,(H,14,17)(H,15,16). The summed E-state index contributed by atoms with van der Waals surface area (Å²) in [6, 6.07) is 1.30. The Labute approximate surface area is 108 Å². The van der Waals surface area contributed by atoms with E-state index in [0.717, 1.165) is 0 Å². The number of pyridine rings is 1. The Kier molecular flexibility index (Phi) is 4.67. The van der Waals surface area contributed by atoms with Crippen LogP contribution in [0.1, 0.15) is 16.1 Å². The molecule has 0 fully saturated rings. The number of rotatable bonds is 4. The van der Waals surface area contributed by atoms with Gasteiger partial charge in [0.1, 0.15) is 6.61 Å². The van der Waals surface area contributed by atoms with Crippen LogP contribution in [0, 0.1) is 6.92 Å². The van der Waals surface area contributed by atoms with Crippen molar-refractivity contribution < 1.29 is 19.4 Å². The van der Waals surface area contributed by atoms with Gasteiger partial charge in [-0.15, -0.1) is 0 Å². The second-order valence-corrected chi connectivity index (χ2v) is 3.65. The molecule has 2 N–H and O–H groups in total. The van der Waals surface area contributed by atoms with Crippen LogP contribution in [0.4, 0.5) is 10.5 Å². The minimum Gasteiger partial charge on any atom is -0.478 e. The van der Waals surface area contributed by atoms with E-state index in [9.17, 15) is 9.59 Å². The van der Waals surface area contributed by atoms with Crippen molar-refractivity contribution in [3.05, 3.63) is 35.1 Å². The highest BCUT2D eigenvalue weighted by atomic mass is 35.5. The zero-order valence-electron chi connectivity index (χ0n) is 9.57. The van der Waals surface area contributed by atoms with Gasteiger partial charge < -0.3 is 9.84 Å². The number of carboxylic acids is 1. The number of aromatic nitrogens is 1. The van der Waals surface area contributed by atoms with Crippen molar-refractivity contribution in [3.8, 4) is 0 Å². The molecule has 0 atom stereocenters. The molecule has 1 heterocycles. The van der Waals surface area contributed by atoms with Gasteiger partial charge in [-0.2, -0.15) is 0 Å². The average Bonchev–Trinajstić information content (AvgIpc) is 2.29. The molecule has 0 saturated carbocycles. The van der Waals surface area contributed by atoms with Crippen molar-refractivity contribution in [2.24, 2.45) is 0 Å². The number of carboxylic acid groups (broad SMARTS) is 1. The van der Waals surface area contributed by atoms with Gasteiger partial charge in [-0.3, -0.25) is 5.32 Å². The molecule has 96 valence electrons. The van der Waals surface area contributed by atoms with Crippen LogP contribution in [0.2, 0.25) is 5.15 Å². The fraction of sp³-hybridized carbons (Fsp3) is 0.182. The zero-order chi connectivity index (χ0) is 13.7. The number of ether oxygens (including phenoxy) is 1. The van der Waals surface area contributed by atoms with E-state index in [0.29, 0.717) is 5.69 Å². The molecule has 0 bridgehead atoms. The predicted octanol–water partition coefficient (Wildman–Crippen LogP) is 2.48. The summed E-state index contributed by atoms with van der Waals surface area (Å²) in [4.78, 5) is 26.2. The normalized spacial score (nSPS) is 9.67. The van der Waals surface area contributed by atoms with E-state index in [-0.39, 0.29) is 23.0 Å². The number of amides is 1. The van der Waals surface area contributed by atoms with Crippen molar-refractivity contribution >= 4 is 29.4 Å².